The number of carboxylic acids is 1. The van der Waals surface area contributed by atoms with Crippen molar-refractivity contribution >= 4 is 29.2 Å². The Morgan fingerprint density at radius 2 is 1.51 bits per heavy atom. The summed E-state index contributed by atoms with van der Waals surface area (Å²) in [6.07, 6.45) is -16.3. The number of aliphatic carboxylic acids is 1. The SMILES string of the molecule is O=C1Nc2ccccc2C(c2ccccc2)=NC1NC(=O)C(CCC(F)(F)F)C(CCCC(F)(F)F)C(=O)O. The van der Waals surface area contributed by atoms with E-state index in [0.29, 0.717) is 16.8 Å². The van der Waals surface area contributed by atoms with E-state index in [1.165, 1.54) is 0 Å². The molecule has 3 atom stereocenters. The number of alkyl halides is 6. The van der Waals surface area contributed by atoms with Gasteiger partial charge >= 0.3 is 18.3 Å². The summed E-state index contributed by atoms with van der Waals surface area (Å²) in [6.45, 7) is 0. The van der Waals surface area contributed by atoms with Crippen LogP contribution < -0.4 is 10.6 Å². The number of benzodiazepines with no additional fused rings is 1. The Labute approximate surface area is 219 Å². The van der Waals surface area contributed by atoms with E-state index in [9.17, 15) is 45.8 Å². The number of amides is 2. The summed E-state index contributed by atoms with van der Waals surface area (Å²) in [6, 6.07) is 15.1. The third-order valence-electron chi connectivity index (χ3n) is 6.13. The van der Waals surface area contributed by atoms with Gasteiger partial charge in [0, 0.05) is 24.0 Å². The minimum atomic E-state index is -4.76. The van der Waals surface area contributed by atoms with Gasteiger partial charge in [0.2, 0.25) is 12.1 Å². The number of hydrogen-bond donors (Lipinski definition) is 3. The lowest BCUT2D eigenvalue weighted by Gasteiger charge is -2.25. The van der Waals surface area contributed by atoms with E-state index in [2.05, 4.69) is 15.6 Å². The first-order valence-corrected chi connectivity index (χ1v) is 12.0. The van der Waals surface area contributed by atoms with Gasteiger partial charge in [-0.05, 0) is 25.3 Å². The number of halogens is 6. The van der Waals surface area contributed by atoms with Crippen molar-refractivity contribution in [2.75, 3.05) is 5.32 Å². The molecule has 1 aliphatic heterocycles. The lowest BCUT2D eigenvalue weighted by molar-refractivity contribution is -0.155. The summed E-state index contributed by atoms with van der Waals surface area (Å²) < 4.78 is 76.9. The molecule has 7 nitrogen and oxygen atoms in total. The maximum atomic E-state index is 13.2. The number of hydrogen-bond acceptors (Lipinski definition) is 4. The zero-order valence-electron chi connectivity index (χ0n) is 20.4. The number of para-hydroxylation sites is 1. The predicted octanol–water partition coefficient (Wildman–Crippen LogP) is 5.31. The molecule has 3 N–H and O–H groups in total. The number of carbonyl (C=O) groups is 3. The van der Waals surface area contributed by atoms with Gasteiger partial charge in [-0.2, -0.15) is 26.3 Å². The lowest BCUT2D eigenvalue weighted by Crippen LogP contribution is -2.47. The average molecular weight is 557 g/mol. The normalized spacial score (nSPS) is 17.2. The van der Waals surface area contributed by atoms with Crippen LogP contribution in [0.4, 0.5) is 32.0 Å². The van der Waals surface area contributed by atoms with Gasteiger partial charge in [0.25, 0.3) is 5.91 Å². The quantitative estimate of drug-likeness (QED) is 0.344. The zero-order valence-corrected chi connectivity index (χ0v) is 20.4. The van der Waals surface area contributed by atoms with E-state index in [1.807, 2.05) is 0 Å². The van der Waals surface area contributed by atoms with Crippen LogP contribution in [-0.2, 0) is 14.4 Å². The highest BCUT2D eigenvalue weighted by atomic mass is 19.4. The fourth-order valence-corrected chi connectivity index (χ4v) is 4.28. The molecular formula is C26H25F6N3O4. The molecule has 2 amide bonds. The number of carboxylic acid groups (broad SMARTS) is 1. The van der Waals surface area contributed by atoms with Crippen molar-refractivity contribution < 1.29 is 45.8 Å². The number of nitrogens with zero attached hydrogens (tertiary/aromatic N) is 1. The fraction of sp³-hybridized carbons (Fsp3) is 0.385. The van der Waals surface area contributed by atoms with Crippen molar-refractivity contribution in [1.82, 2.24) is 5.32 Å². The second-order valence-electron chi connectivity index (χ2n) is 9.00. The number of benzene rings is 2. The summed E-state index contributed by atoms with van der Waals surface area (Å²) in [5, 5.41) is 14.4. The van der Waals surface area contributed by atoms with E-state index < -0.39 is 80.2 Å². The van der Waals surface area contributed by atoms with E-state index in [4.69, 9.17) is 0 Å². The molecule has 0 fully saturated rings. The monoisotopic (exact) mass is 557 g/mol. The Morgan fingerprint density at radius 3 is 2.13 bits per heavy atom. The van der Waals surface area contributed by atoms with Crippen LogP contribution in [0.1, 0.15) is 43.2 Å². The van der Waals surface area contributed by atoms with Crippen LogP contribution in [-0.4, -0.2) is 47.1 Å². The summed E-state index contributed by atoms with van der Waals surface area (Å²) in [5.41, 5.74) is 1.69. The maximum Gasteiger partial charge on any atom is 0.389 e. The minimum Gasteiger partial charge on any atom is -0.481 e. The summed E-state index contributed by atoms with van der Waals surface area (Å²) in [7, 11) is 0. The molecule has 2 aromatic rings. The summed E-state index contributed by atoms with van der Waals surface area (Å²) in [5.74, 6) is -7.50. The first-order valence-electron chi connectivity index (χ1n) is 12.0. The average Bonchev–Trinajstić information content (AvgIpc) is 2.98. The number of fused-ring (bicyclic) bond motifs is 1. The second kappa shape index (κ2) is 12.3. The van der Waals surface area contributed by atoms with Crippen molar-refractivity contribution in [3.63, 3.8) is 0 Å². The van der Waals surface area contributed by atoms with Crippen LogP contribution in [0.2, 0.25) is 0 Å². The molecule has 210 valence electrons. The largest absolute Gasteiger partial charge is 0.481 e. The first kappa shape index (κ1) is 29.7. The molecule has 0 bridgehead atoms. The number of nitrogens with one attached hydrogen (secondary N) is 2. The molecule has 13 heteroatoms. The van der Waals surface area contributed by atoms with Crippen LogP contribution >= 0.6 is 0 Å². The topological polar surface area (TPSA) is 108 Å². The molecule has 3 rings (SSSR count). The maximum absolute atomic E-state index is 13.2. The van der Waals surface area contributed by atoms with Gasteiger partial charge < -0.3 is 15.7 Å². The van der Waals surface area contributed by atoms with Gasteiger partial charge in [-0.3, -0.25) is 14.4 Å². The van der Waals surface area contributed by atoms with Crippen molar-refractivity contribution in [2.45, 2.75) is 50.6 Å². The third-order valence-corrected chi connectivity index (χ3v) is 6.13. The summed E-state index contributed by atoms with van der Waals surface area (Å²) >= 11 is 0. The van der Waals surface area contributed by atoms with Crippen LogP contribution in [0.3, 0.4) is 0 Å². The summed E-state index contributed by atoms with van der Waals surface area (Å²) in [4.78, 5) is 42.4. The van der Waals surface area contributed by atoms with Crippen LogP contribution in [0, 0.1) is 11.8 Å². The Kier molecular flexibility index (Phi) is 9.36. The van der Waals surface area contributed by atoms with Crippen LogP contribution in [0.5, 0.6) is 0 Å². The van der Waals surface area contributed by atoms with Gasteiger partial charge in [-0.25, -0.2) is 4.99 Å². The molecule has 1 heterocycles. The van der Waals surface area contributed by atoms with Crippen LogP contribution in [0.15, 0.2) is 59.6 Å². The molecule has 0 radical (unpaired) electrons. The van der Waals surface area contributed by atoms with Gasteiger partial charge in [0.05, 0.1) is 23.2 Å². The smallest absolute Gasteiger partial charge is 0.389 e. The molecule has 0 saturated heterocycles. The highest BCUT2D eigenvalue weighted by Crippen LogP contribution is 2.32. The second-order valence-corrected chi connectivity index (χ2v) is 9.00. The number of anilines is 1. The van der Waals surface area contributed by atoms with Gasteiger partial charge in [-0.15, -0.1) is 0 Å². The molecule has 39 heavy (non-hydrogen) atoms. The molecule has 0 spiro atoms. The van der Waals surface area contributed by atoms with Crippen molar-refractivity contribution in [1.29, 1.82) is 0 Å². The Balaban J connectivity index is 1.93. The van der Waals surface area contributed by atoms with Crippen molar-refractivity contribution in [3.8, 4) is 0 Å². The van der Waals surface area contributed by atoms with Crippen molar-refractivity contribution in [3.05, 3.63) is 65.7 Å². The van der Waals surface area contributed by atoms with E-state index in [0.717, 1.165) is 0 Å². The minimum absolute atomic E-state index is 0.279. The molecule has 0 aromatic heterocycles. The van der Waals surface area contributed by atoms with Gasteiger partial charge in [0.15, 0.2) is 0 Å². The Morgan fingerprint density at radius 1 is 0.897 bits per heavy atom. The third kappa shape index (κ3) is 8.55. The molecule has 1 aliphatic rings. The van der Waals surface area contributed by atoms with Crippen molar-refractivity contribution in [2.24, 2.45) is 16.8 Å². The number of aliphatic imine (C=N–C) groups is 1. The Hall–Kier alpha value is -3.90. The first-order chi connectivity index (χ1) is 18.2. The molecular weight excluding hydrogens is 532 g/mol. The molecule has 3 unspecified atom stereocenters. The predicted molar refractivity (Wildman–Crippen MR) is 129 cm³/mol. The molecule has 2 aromatic carbocycles. The van der Waals surface area contributed by atoms with E-state index in [-0.39, 0.29) is 5.71 Å². The highest BCUT2D eigenvalue weighted by Gasteiger charge is 2.40. The van der Waals surface area contributed by atoms with Gasteiger partial charge in [0.1, 0.15) is 0 Å². The Bertz CT molecular complexity index is 1210. The number of rotatable bonds is 10. The molecule has 0 aliphatic carbocycles. The molecule has 0 saturated carbocycles. The van der Waals surface area contributed by atoms with Gasteiger partial charge in [-0.1, -0.05) is 48.5 Å². The van der Waals surface area contributed by atoms with E-state index in [1.54, 1.807) is 54.6 Å². The van der Waals surface area contributed by atoms with E-state index >= 15 is 0 Å². The fourth-order valence-electron chi connectivity index (χ4n) is 4.28. The van der Waals surface area contributed by atoms with Crippen LogP contribution in [0.25, 0.3) is 0 Å². The lowest BCUT2D eigenvalue weighted by atomic mass is 9.83. The number of carbonyl (C=O) groups excluding carboxylic acids is 2. The highest BCUT2D eigenvalue weighted by molar-refractivity contribution is 6.19. The zero-order chi connectivity index (χ0) is 28.8. The standard InChI is InChI=1S/C26H25F6N3O4/c27-25(28,29)13-6-10-17(24(38)39)16(12-14-26(30,31)32)22(36)35-21-23(37)33-19-11-5-4-9-18(19)20(34-21)15-7-2-1-3-8-15/h1-5,7-9,11,16-17,21H,6,10,12-14H2,(H,33,37)(H,35,36)(H,38,39).